The molecule has 2 nitrogen and oxygen atoms in total. The van der Waals surface area contributed by atoms with Crippen LogP contribution in [0.3, 0.4) is 0 Å². The third-order valence-corrected chi connectivity index (χ3v) is 3.18. The highest BCUT2D eigenvalue weighted by molar-refractivity contribution is 5.85. The quantitative estimate of drug-likeness (QED) is 0.419. The van der Waals surface area contributed by atoms with Crippen LogP contribution in [-0.2, 0) is 4.79 Å². The van der Waals surface area contributed by atoms with Crippen LogP contribution in [0, 0.1) is 0 Å². The zero-order chi connectivity index (χ0) is 22.2. The van der Waals surface area contributed by atoms with Crippen LogP contribution >= 0.6 is 0 Å². The smallest absolute Gasteiger partial charge is 0.381 e. The van der Waals surface area contributed by atoms with Crippen molar-refractivity contribution in [2.45, 2.75) is 55.6 Å². The van der Waals surface area contributed by atoms with Crippen LogP contribution < -0.4 is 0 Å². The molecule has 1 N–H and O–H groups in total. The number of alkyl halides is 13. The first kappa shape index (κ1) is 25.3. The molecule has 0 heterocycles. The minimum absolute atomic E-state index is 0.351. The summed E-state index contributed by atoms with van der Waals surface area (Å²) < 4.78 is 168. The summed E-state index contributed by atoms with van der Waals surface area (Å²) in [5.41, 5.74) is -1.42. The zero-order valence-corrected chi connectivity index (χ0v) is 12.7. The van der Waals surface area contributed by atoms with Crippen LogP contribution in [0.5, 0.6) is 0 Å². The van der Waals surface area contributed by atoms with Crippen molar-refractivity contribution in [1.29, 1.82) is 0 Å². The summed E-state index contributed by atoms with van der Waals surface area (Å²) in [5.74, 6) is -31.1. The molecule has 160 valence electrons. The molecule has 3 atom stereocenters. The van der Waals surface area contributed by atoms with E-state index in [1.807, 2.05) is 0 Å². The van der Waals surface area contributed by atoms with Gasteiger partial charge in [0.05, 0.1) is 0 Å². The van der Waals surface area contributed by atoms with Gasteiger partial charge in [-0.2, -0.15) is 35.1 Å². The number of hydrogen-bond acceptors (Lipinski definition) is 1. The summed E-state index contributed by atoms with van der Waals surface area (Å²) >= 11 is 0. The molecule has 0 aliphatic rings. The van der Waals surface area contributed by atoms with Crippen molar-refractivity contribution in [3.05, 3.63) is 11.6 Å². The molecule has 0 radical (unpaired) electrons. The van der Waals surface area contributed by atoms with E-state index in [-0.39, 0.29) is 0 Å². The maximum Gasteiger partial charge on any atom is 0.381 e. The molecule has 0 saturated heterocycles. The Morgan fingerprint density at radius 3 is 1.52 bits per heavy atom. The monoisotopic (exact) mass is 432 g/mol. The van der Waals surface area contributed by atoms with E-state index in [9.17, 15) is 61.9 Å². The van der Waals surface area contributed by atoms with E-state index >= 15 is 0 Å². The molecule has 0 aromatic carbocycles. The number of aliphatic carboxylic acids is 1. The Hall–Kier alpha value is -1.70. The fourth-order valence-corrected chi connectivity index (χ4v) is 1.49. The Balaban J connectivity index is 6.14. The third-order valence-electron chi connectivity index (χ3n) is 3.18. The number of allylic oxidation sites excluding steroid dienone is 1. The van der Waals surface area contributed by atoms with E-state index in [0.717, 1.165) is 0 Å². The molecule has 15 heteroatoms. The lowest BCUT2D eigenvalue weighted by Gasteiger charge is -2.38. The summed E-state index contributed by atoms with van der Waals surface area (Å²) in [6.45, 7) is 0.351. The number of carboxylic acids is 1. The van der Waals surface area contributed by atoms with Gasteiger partial charge in [-0.1, -0.05) is 0 Å². The van der Waals surface area contributed by atoms with Gasteiger partial charge in [-0.05, 0) is 13.0 Å². The maximum atomic E-state index is 13.3. The lowest BCUT2D eigenvalue weighted by molar-refractivity contribution is -0.384. The van der Waals surface area contributed by atoms with Crippen molar-refractivity contribution in [3.63, 3.8) is 0 Å². The van der Waals surface area contributed by atoms with Gasteiger partial charge in [-0.3, -0.25) is 0 Å². The predicted molar refractivity (Wildman–Crippen MR) is 61.9 cm³/mol. The average Bonchev–Trinajstić information content (AvgIpc) is 2.51. The van der Waals surface area contributed by atoms with Gasteiger partial charge in [0.2, 0.25) is 6.17 Å². The van der Waals surface area contributed by atoms with Crippen molar-refractivity contribution in [2.75, 3.05) is 0 Å². The van der Waals surface area contributed by atoms with Crippen LogP contribution in [0.25, 0.3) is 0 Å². The summed E-state index contributed by atoms with van der Waals surface area (Å²) in [4.78, 5) is 10.3. The largest absolute Gasteiger partial charge is 0.478 e. The van der Waals surface area contributed by atoms with Crippen LogP contribution in [0.2, 0.25) is 0 Å². The van der Waals surface area contributed by atoms with Gasteiger partial charge in [0.1, 0.15) is 0 Å². The fraction of sp³-hybridized carbons (Fsp3) is 0.750. The Bertz CT molecular complexity index is 572. The minimum atomic E-state index is -7.56. The SMILES string of the molecule is CC(=CC(F)C(F)(F)C(F)(F)C(F)(F)C(F)(F)C(F)C(F)C(F)F)C(=O)O. The van der Waals surface area contributed by atoms with E-state index in [4.69, 9.17) is 5.11 Å². The Kier molecular flexibility index (Phi) is 7.25. The molecule has 0 aliphatic heterocycles. The molecule has 27 heavy (non-hydrogen) atoms. The van der Waals surface area contributed by atoms with Crippen LogP contribution in [0.1, 0.15) is 6.92 Å². The summed E-state index contributed by atoms with van der Waals surface area (Å²) in [5, 5.41) is 8.28. The maximum absolute atomic E-state index is 13.3. The standard InChI is InChI=1S/C12H9F13O2/c1-3(8(26)27)2-4(13)9(18,19)11(22,23)12(24,25)10(20,21)6(15)5(14)7(16)17/h2,4-7H,1H3,(H,26,27). The lowest BCUT2D eigenvalue weighted by Crippen LogP contribution is -2.68. The molecule has 0 spiro atoms. The van der Waals surface area contributed by atoms with Crippen molar-refractivity contribution >= 4 is 5.97 Å². The molecular weight excluding hydrogens is 423 g/mol. The van der Waals surface area contributed by atoms with Gasteiger partial charge >= 0.3 is 29.7 Å². The van der Waals surface area contributed by atoms with Crippen LogP contribution in [-0.4, -0.2) is 59.7 Å². The second-order valence-electron chi connectivity index (χ2n) is 5.13. The average molecular weight is 432 g/mol. The molecule has 0 aromatic rings. The lowest BCUT2D eigenvalue weighted by atomic mass is 9.91. The predicted octanol–water partition coefficient (Wildman–Crippen LogP) is 4.84. The van der Waals surface area contributed by atoms with Crippen LogP contribution in [0.4, 0.5) is 57.1 Å². The molecule has 0 aromatic heterocycles. The molecular formula is C12H9F13O2. The summed E-state index contributed by atoms with van der Waals surface area (Å²) in [6, 6.07) is 0. The van der Waals surface area contributed by atoms with Gasteiger partial charge < -0.3 is 5.11 Å². The van der Waals surface area contributed by atoms with Gasteiger partial charge in [-0.25, -0.2) is 26.7 Å². The first-order valence-corrected chi connectivity index (χ1v) is 6.40. The highest BCUT2D eigenvalue weighted by atomic mass is 19.4. The summed E-state index contributed by atoms with van der Waals surface area (Å²) in [7, 11) is 0. The molecule has 3 unspecified atom stereocenters. The van der Waals surface area contributed by atoms with Crippen molar-refractivity contribution in [3.8, 4) is 0 Å². The number of carbonyl (C=O) groups is 1. The second kappa shape index (κ2) is 7.73. The molecule has 0 saturated carbocycles. The highest BCUT2D eigenvalue weighted by Gasteiger charge is 2.84. The molecule has 0 aliphatic carbocycles. The highest BCUT2D eigenvalue weighted by Crippen LogP contribution is 2.56. The minimum Gasteiger partial charge on any atom is -0.478 e. The number of carboxylic acid groups (broad SMARTS) is 1. The fourth-order valence-electron chi connectivity index (χ4n) is 1.49. The molecule has 0 bridgehead atoms. The van der Waals surface area contributed by atoms with Crippen molar-refractivity contribution < 1.29 is 67.0 Å². The Morgan fingerprint density at radius 2 is 1.19 bits per heavy atom. The number of halogens is 13. The van der Waals surface area contributed by atoms with E-state index in [2.05, 4.69) is 0 Å². The first-order chi connectivity index (χ1) is 11.8. The normalized spacial score (nSPS) is 18.4. The first-order valence-electron chi connectivity index (χ1n) is 6.40. The Morgan fingerprint density at radius 1 is 0.815 bits per heavy atom. The molecule has 0 fully saturated rings. The zero-order valence-electron chi connectivity index (χ0n) is 12.7. The van der Waals surface area contributed by atoms with E-state index in [0.29, 0.717) is 6.92 Å². The van der Waals surface area contributed by atoms with Gasteiger partial charge in [0.15, 0.2) is 12.3 Å². The van der Waals surface area contributed by atoms with E-state index < -0.39 is 66.2 Å². The summed E-state index contributed by atoms with van der Waals surface area (Å²) in [6.07, 6.45) is -20.2. The second-order valence-corrected chi connectivity index (χ2v) is 5.13. The number of rotatable bonds is 9. The van der Waals surface area contributed by atoms with Crippen molar-refractivity contribution in [1.82, 2.24) is 0 Å². The topological polar surface area (TPSA) is 37.3 Å². The van der Waals surface area contributed by atoms with Gasteiger partial charge in [-0.15, -0.1) is 0 Å². The van der Waals surface area contributed by atoms with Crippen LogP contribution in [0.15, 0.2) is 11.6 Å². The third kappa shape index (κ3) is 4.25. The van der Waals surface area contributed by atoms with E-state index in [1.54, 1.807) is 0 Å². The molecule has 0 amide bonds. The van der Waals surface area contributed by atoms with E-state index in [1.165, 1.54) is 0 Å². The number of hydrogen-bond donors (Lipinski definition) is 1. The van der Waals surface area contributed by atoms with Crippen molar-refractivity contribution in [2.24, 2.45) is 0 Å². The molecule has 0 rings (SSSR count). The van der Waals surface area contributed by atoms with Gasteiger partial charge in [0, 0.05) is 5.57 Å². The Labute approximate surface area is 141 Å². The van der Waals surface area contributed by atoms with Gasteiger partial charge in [0.25, 0.3) is 6.43 Å².